The van der Waals surface area contributed by atoms with Crippen molar-refractivity contribution < 1.29 is 4.79 Å². The zero-order valence-electron chi connectivity index (χ0n) is 9.44. The molecule has 0 aliphatic rings. The molecule has 1 aromatic rings. The van der Waals surface area contributed by atoms with Crippen LogP contribution in [0, 0.1) is 5.92 Å². The Kier molecular flexibility index (Phi) is 4.82. The maximum absolute atomic E-state index is 11.2. The maximum atomic E-state index is 11.2. The number of benzene rings is 1. The van der Waals surface area contributed by atoms with Crippen molar-refractivity contribution in [3.63, 3.8) is 0 Å². The molecule has 0 saturated heterocycles. The van der Waals surface area contributed by atoms with Gasteiger partial charge in [-0.25, -0.2) is 0 Å². The molecule has 1 heteroatoms. The number of Topliss-reactive ketones (excluding diaryl/α,β-unsaturated/α-hetero) is 1. The Labute approximate surface area is 91.8 Å². The predicted molar refractivity (Wildman–Crippen MR) is 64.6 cm³/mol. The van der Waals surface area contributed by atoms with Gasteiger partial charge in [-0.05, 0) is 25.3 Å². The number of hydrogen-bond acceptors (Lipinski definition) is 1. The fourth-order valence-electron chi connectivity index (χ4n) is 1.55. The van der Waals surface area contributed by atoms with Gasteiger partial charge in [0.15, 0.2) is 0 Å². The molecule has 0 saturated carbocycles. The molecule has 0 aliphatic carbocycles. The van der Waals surface area contributed by atoms with Crippen molar-refractivity contribution >= 4 is 11.9 Å². The molecule has 1 unspecified atom stereocenters. The Morgan fingerprint density at radius 1 is 1.33 bits per heavy atom. The molecule has 0 amide bonds. The van der Waals surface area contributed by atoms with Gasteiger partial charge < -0.3 is 0 Å². The lowest BCUT2D eigenvalue weighted by Gasteiger charge is -2.06. The molecule has 0 aliphatic heterocycles. The van der Waals surface area contributed by atoms with Crippen LogP contribution in [0.1, 0.15) is 32.3 Å². The third-order valence-corrected chi connectivity index (χ3v) is 2.60. The van der Waals surface area contributed by atoms with Gasteiger partial charge >= 0.3 is 0 Å². The van der Waals surface area contributed by atoms with Crippen LogP contribution >= 0.6 is 0 Å². The van der Waals surface area contributed by atoms with E-state index in [1.807, 2.05) is 18.2 Å². The monoisotopic (exact) mass is 202 g/mol. The Morgan fingerprint density at radius 2 is 2.00 bits per heavy atom. The Bertz CT molecular complexity index is 324. The molecule has 80 valence electrons. The highest BCUT2D eigenvalue weighted by Crippen LogP contribution is 2.11. The fraction of sp³-hybridized carbons (Fsp3) is 0.357. The highest BCUT2D eigenvalue weighted by molar-refractivity contribution is 5.78. The second-order valence-corrected chi connectivity index (χ2v) is 3.76. The van der Waals surface area contributed by atoms with Gasteiger partial charge in [0, 0.05) is 5.92 Å². The number of carbonyl (C=O) groups is 1. The highest BCUT2D eigenvalue weighted by atomic mass is 16.1. The minimum Gasteiger partial charge on any atom is -0.300 e. The van der Waals surface area contributed by atoms with Gasteiger partial charge in [-0.1, -0.05) is 49.4 Å². The maximum Gasteiger partial charge on any atom is 0.133 e. The van der Waals surface area contributed by atoms with E-state index >= 15 is 0 Å². The van der Waals surface area contributed by atoms with Gasteiger partial charge in [0.25, 0.3) is 0 Å². The second kappa shape index (κ2) is 6.18. The van der Waals surface area contributed by atoms with Gasteiger partial charge in [-0.2, -0.15) is 0 Å². The van der Waals surface area contributed by atoms with Crippen LogP contribution < -0.4 is 0 Å². The summed E-state index contributed by atoms with van der Waals surface area (Å²) >= 11 is 0. The molecular weight excluding hydrogens is 184 g/mol. The van der Waals surface area contributed by atoms with E-state index < -0.39 is 0 Å². The van der Waals surface area contributed by atoms with Crippen LogP contribution in [0.25, 0.3) is 6.08 Å². The molecule has 1 atom stereocenters. The first-order chi connectivity index (χ1) is 7.24. The van der Waals surface area contributed by atoms with Crippen molar-refractivity contribution in [2.75, 3.05) is 0 Å². The van der Waals surface area contributed by atoms with E-state index in [1.165, 1.54) is 5.56 Å². The molecule has 0 heterocycles. The zero-order valence-corrected chi connectivity index (χ0v) is 9.44. The largest absolute Gasteiger partial charge is 0.300 e. The summed E-state index contributed by atoms with van der Waals surface area (Å²) < 4.78 is 0. The Balaban J connectivity index is 2.49. The van der Waals surface area contributed by atoms with E-state index in [2.05, 4.69) is 31.2 Å². The smallest absolute Gasteiger partial charge is 0.133 e. The third-order valence-electron chi connectivity index (χ3n) is 2.60. The number of ketones is 1. The van der Waals surface area contributed by atoms with Crippen LogP contribution in [0.2, 0.25) is 0 Å². The van der Waals surface area contributed by atoms with E-state index in [0.717, 1.165) is 12.8 Å². The fourth-order valence-corrected chi connectivity index (χ4v) is 1.55. The predicted octanol–water partition coefficient (Wildman–Crippen LogP) is 3.71. The summed E-state index contributed by atoms with van der Waals surface area (Å²) in [6, 6.07) is 10.2. The van der Waals surface area contributed by atoms with E-state index in [9.17, 15) is 4.79 Å². The van der Waals surface area contributed by atoms with Crippen LogP contribution in [-0.2, 0) is 4.79 Å². The molecule has 1 nitrogen and oxygen atoms in total. The molecule has 0 aromatic heterocycles. The van der Waals surface area contributed by atoms with Crippen LogP contribution in [0.15, 0.2) is 36.4 Å². The third kappa shape index (κ3) is 4.11. The first-order valence-electron chi connectivity index (χ1n) is 5.46. The summed E-state index contributed by atoms with van der Waals surface area (Å²) in [4.78, 5) is 11.2. The van der Waals surface area contributed by atoms with Crippen molar-refractivity contribution in [3.8, 4) is 0 Å². The molecule has 0 fully saturated rings. The van der Waals surface area contributed by atoms with E-state index in [1.54, 1.807) is 6.92 Å². The number of hydrogen-bond donors (Lipinski definition) is 0. The van der Waals surface area contributed by atoms with Gasteiger partial charge in [0.05, 0.1) is 0 Å². The Morgan fingerprint density at radius 3 is 2.53 bits per heavy atom. The van der Waals surface area contributed by atoms with Crippen molar-refractivity contribution in [1.29, 1.82) is 0 Å². The van der Waals surface area contributed by atoms with E-state index in [-0.39, 0.29) is 11.7 Å². The van der Waals surface area contributed by atoms with Gasteiger partial charge in [-0.3, -0.25) is 4.79 Å². The molecule has 0 radical (unpaired) electrons. The lowest BCUT2D eigenvalue weighted by molar-refractivity contribution is -0.120. The highest BCUT2D eigenvalue weighted by Gasteiger charge is 2.08. The zero-order chi connectivity index (χ0) is 11.1. The lowest BCUT2D eigenvalue weighted by Crippen LogP contribution is -2.07. The summed E-state index contributed by atoms with van der Waals surface area (Å²) in [6.45, 7) is 3.73. The van der Waals surface area contributed by atoms with Crippen LogP contribution in [0.3, 0.4) is 0 Å². The summed E-state index contributed by atoms with van der Waals surface area (Å²) in [5.74, 6) is 0.472. The van der Waals surface area contributed by atoms with Crippen molar-refractivity contribution in [3.05, 3.63) is 42.0 Å². The molecule has 0 spiro atoms. The SMILES string of the molecule is CCC(C/C=C/c1ccccc1)C(C)=O. The number of allylic oxidation sites excluding steroid dienone is 1. The first-order valence-corrected chi connectivity index (χ1v) is 5.46. The molecule has 15 heavy (non-hydrogen) atoms. The summed E-state index contributed by atoms with van der Waals surface area (Å²) in [6.07, 6.45) is 5.94. The van der Waals surface area contributed by atoms with Crippen molar-refractivity contribution in [2.24, 2.45) is 5.92 Å². The quantitative estimate of drug-likeness (QED) is 0.711. The minimum atomic E-state index is 0.185. The summed E-state index contributed by atoms with van der Waals surface area (Å²) in [7, 11) is 0. The van der Waals surface area contributed by atoms with Crippen LogP contribution in [0.4, 0.5) is 0 Å². The first kappa shape index (κ1) is 11.7. The van der Waals surface area contributed by atoms with Gasteiger partial charge in [-0.15, -0.1) is 0 Å². The topological polar surface area (TPSA) is 17.1 Å². The lowest BCUT2D eigenvalue weighted by atomic mass is 9.98. The molecule has 0 N–H and O–H groups in total. The number of carbonyl (C=O) groups excluding carboxylic acids is 1. The molecule has 1 rings (SSSR count). The normalized spacial score (nSPS) is 12.9. The summed E-state index contributed by atoms with van der Waals surface area (Å²) in [5, 5.41) is 0. The van der Waals surface area contributed by atoms with Crippen LogP contribution in [-0.4, -0.2) is 5.78 Å². The van der Waals surface area contributed by atoms with E-state index in [4.69, 9.17) is 0 Å². The van der Waals surface area contributed by atoms with Gasteiger partial charge in [0.2, 0.25) is 0 Å². The molecule has 1 aromatic carbocycles. The van der Waals surface area contributed by atoms with Crippen molar-refractivity contribution in [1.82, 2.24) is 0 Å². The van der Waals surface area contributed by atoms with Gasteiger partial charge in [0.1, 0.15) is 5.78 Å². The number of rotatable bonds is 5. The molecule has 0 bridgehead atoms. The summed E-state index contributed by atoms with van der Waals surface area (Å²) in [5.41, 5.74) is 1.19. The second-order valence-electron chi connectivity index (χ2n) is 3.76. The van der Waals surface area contributed by atoms with Crippen molar-refractivity contribution in [2.45, 2.75) is 26.7 Å². The minimum absolute atomic E-state index is 0.185. The molecular formula is C14H18O. The Hall–Kier alpha value is -1.37. The standard InChI is InChI=1S/C14H18O/c1-3-14(12(2)15)11-7-10-13-8-5-4-6-9-13/h4-10,14H,3,11H2,1-2H3/b10-7+. The van der Waals surface area contributed by atoms with E-state index in [0.29, 0.717) is 0 Å². The average Bonchev–Trinajstić information content (AvgIpc) is 2.25. The average molecular weight is 202 g/mol. The van der Waals surface area contributed by atoms with Crippen LogP contribution in [0.5, 0.6) is 0 Å².